The number of ether oxygens (including phenoxy) is 1. The first-order valence-electron chi connectivity index (χ1n) is 13.4. The minimum absolute atomic E-state index is 0.0962. The summed E-state index contributed by atoms with van der Waals surface area (Å²) >= 11 is 1.74. The lowest BCUT2D eigenvalue weighted by Crippen LogP contribution is -2.38. The van der Waals surface area contributed by atoms with Gasteiger partial charge in [-0.2, -0.15) is 0 Å². The lowest BCUT2D eigenvalue weighted by molar-refractivity contribution is -0.114. The number of hydrogen-bond donors (Lipinski definition) is 1. The molecule has 42 heavy (non-hydrogen) atoms. The molecule has 1 amide bonds. The van der Waals surface area contributed by atoms with E-state index in [1.54, 1.807) is 54.2 Å². The molecule has 0 bridgehead atoms. The average molecular weight is 595 g/mol. The number of para-hydroxylation sites is 1. The van der Waals surface area contributed by atoms with Crippen LogP contribution in [0.25, 0.3) is 0 Å². The number of rotatable bonds is 11. The highest BCUT2D eigenvalue weighted by atomic mass is 32.2. The Bertz CT molecular complexity index is 1730. The fourth-order valence-corrected chi connectivity index (χ4v) is 6.60. The van der Waals surface area contributed by atoms with Gasteiger partial charge in [0.05, 0.1) is 10.6 Å². The monoisotopic (exact) mass is 594 g/mol. The van der Waals surface area contributed by atoms with Crippen molar-refractivity contribution < 1.29 is 17.9 Å². The standard InChI is InChI=1S/C34H30N2O4S2/c1-26-23-27(25-41-31-13-7-3-8-14-31)17-22-33(26)35-34(37)24-36(42(38,39)32-15-9-4-10-16-32)28-18-20-30(21-19-28)40-29-11-5-2-6-12-29/h2-23H,24-25H2,1H3,(H,35,37). The zero-order valence-electron chi connectivity index (χ0n) is 23.0. The molecule has 5 aromatic carbocycles. The van der Waals surface area contributed by atoms with Gasteiger partial charge in [-0.05, 0) is 84.8 Å². The third-order valence-corrected chi connectivity index (χ3v) is 9.31. The fourth-order valence-electron chi connectivity index (χ4n) is 4.30. The van der Waals surface area contributed by atoms with Crippen molar-refractivity contribution in [3.8, 4) is 11.5 Å². The average Bonchev–Trinajstić information content (AvgIpc) is 3.02. The van der Waals surface area contributed by atoms with E-state index in [4.69, 9.17) is 4.74 Å². The molecular formula is C34H30N2O4S2. The van der Waals surface area contributed by atoms with Crippen molar-refractivity contribution in [3.63, 3.8) is 0 Å². The predicted molar refractivity (Wildman–Crippen MR) is 170 cm³/mol. The van der Waals surface area contributed by atoms with Crippen LogP contribution in [-0.2, 0) is 20.6 Å². The van der Waals surface area contributed by atoms with Gasteiger partial charge in [-0.15, -0.1) is 11.8 Å². The number of amides is 1. The second-order valence-corrected chi connectivity index (χ2v) is 12.4. The molecule has 6 nitrogen and oxygen atoms in total. The SMILES string of the molecule is Cc1cc(CSc2ccccc2)ccc1NC(=O)CN(c1ccc(Oc2ccccc2)cc1)S(=O)(=O)c1ccccc1. The second-order valence-electron chi connectivity index (χ2n) is 9.53. The van der Waals surface area contributed by atoms with Gasteiger partial charge in [0.1, 0.15) is 18.0 Å². The van der Waals surface area contributed by atoms with Gasteiger partial charge in [-0.1, -0.05) is 66.7 Å². The number of aryl methyl sites for hydroxylation is 1. The minimum Gasteiger partial charge on any atom is -0.457 e. The number of sulfonamides is 1. The van der Waals surface area contributed by atoms with Gasteiger partial charge in [-0.25, -0.2) is 8.42 Å². The molecule has 0 aliphatic carbocycles. The zero-order chi connectivity index (χ0) is 29.4. The number of nitrogens with one attached hydrogen (secondary N) is 1. The van der Waals surface area contributed by atoms with Crippen molar-refractivity contribution in [3.05, 3.63) is 145 Å². The summed E-state index contributed by atoms with van der Waals surface area (Å²) < 4.78 is 34.4. The molecule has 1 N–H and O–H groups in total. The van der Waals surface area contributed by atoms with Gasteiger partial charge in [-0.3, -0.25) is 9.10 Å². The van der Waals surface area contributed by atoms with Gasteiger partial charge < -0.3 is 10.1 Å². The van der Waals surface area contributed by atoms with Gasteiger partial charge in [0.2, 0.25) is 5.91 Å². The second kappa shape index (κ2) is 13.4. The van der Waals surface area contributed by atoms with Crippen molar-refractivity contribution >= 4 is 39.1 Å². The third kappa shape index (κ3) is 7.40. The summed E-state index contributed by atoms with van der Waals surface area (Å²) in [6.07, 6.45) is 0. The highest BCUT2D eigenvalue weighted by molar-refractivity contribution is 7.98. The molecule has 5 aromatic rings. The van der Waals surface area contributed by atoms with Crippen LogP contribution >= 0.6 is 11.8 Å². The lowest BCUT2D eigenvalue weighted by Gasteiger charge is -2.24. The lowest BCUT2D eigenvalue weighted by atomic mass is 10.1. The van der Waals surface area contributed by atoms with E-state index in [0.717, 1.165) is 21.2 Å². The highest BCUT2D eigenvalue weighted by Gasteiger charge is 2.27. The van der Waals surface area contributed by atoms with Crippen LogP contribution in [0.2, 0.25) is 0 Å². The molecule has 0 unspecified atom stereocenters. The summed E-state index contributed by atoms with van der Waals surface area (Å²) in [5.74, 6) is 1.56. The largest absolute Gasteiger partial charge is 0.457 e. The summed E-state index contributed by atoms with van der Waals surface area (Å²) in [6, 6.07) is 40.1. The zero-order valence-corrected chi connectivity index (χ0v) is 24.6. The van der Waals surface area contributed by atoms with Crippen LogP contribution in [-0.4, -0.2) is 20.9 Å². The van der Waals surface area contributed by atoms with E-state index < -0.39 is 22.5 Å². The molecule has 0 fully saturated rings. The highest BCUT2D eigenvalue weighted by Crippen LogP contribution is 2.29. The molecule has 0 spiro atoms. The molecule has 0 saturated carbocycles. The topological polar surface area (TPSA) is 75.7 Å². The first-order valence-corrected chi connectivity index (χ1v) is 15.8. The number of carbonyl (C=O) groups is 1. The molecule has 8 heteroatoms. The van der Waals surface area contributed by atoms with E-state index in [9.17, 15) is 13.2 Å². The van der Waals surface area contributed by atoms with E-state index in [1.807, 2.05) is 73.7 Å². The summed E-state index contributed by atoms with van der Waals surface area (Å²) in [4.78, 5) is 14.6. The van der Waals surface area contributed by atoms with Crippen molar-refractivity contribution in [1.82, 2.24) is 0 Å². The molecular weight excluding hydrogens is 565 g/mol. The summed E-state index contributed by atoms with van der Waals surface area (Å²) in [7, 11) is -4.03. The van der Waals surface area contributed by atoms with Crippen LogP contribution in [0, 0.1) is 6.92 Å². The first kappa shape index (κ1) is 29.0. The normalized spacial score (nSPS) is 11.1. The minimum atomic E-state index is -4.03. The van der Waals surface area contributed by atoms with Crippen molar-refractivity contribution in [2.24, 2.45) is 0 Å². The molecule has 212 valence electrons. The Morgan fingerprint density at radius 2 is 1.36 bits per heavy atom. The fraction of sp³-hybridized carbons (Fsp3) is 0.0882. The number of thioether (sulfide) groups is 1. The van der Waals surface area contributed by atoms with Gasteiger partial charge in [0.25, 0.3) is 10.0 Å². The van der Waals surface area contributed by atoms with Crippen LogP contribution in [0.5, 0.6) is 11.5 Å². The maximum absolute atomic E-state index is 13.7. The van der Waals surface area contributed by atoms with Crippen molar-refractivity contribution in [2.75, 3.05) is 16.2 Å². The Morgan fingerprint density at radius 3 is 2.00 bits per heavy atom. The van der Waals surface area contributed by atoms with Crippen LogP contribution in [0.15, 0.2) is 143 Å². The maximum atomic E-state index is 13.7. The van der Waals surface area contributed by atoms with E-state index in [0.29, 0.717) is 22.9 Å². The van der Waals surface area contributed by atoms with Crippen LogP contribution in [0.4, 0.5) is 11.4 Å². The summed E-state index contributed by atoms with van der Waals surface area (Å²) in [5.41, 5.74) is 3.01. The van der Waals surface area contributed by atoms with Gasteiger partial charge in [0, 0.05) is 16.3 Å². The van der Waals surface area contributed by atoms with Crippen LogP contribution in [0.3, 0.4) is 0 Å². The number of carbonyl (C=O) groups excluding carboxylic acids is 1. The van der Waals surface area contributed by atoms with Gasteiger partial charge in [0.15, 0.2) is 0 Å². The number of anilines is 2. The Morgan fingerprint density at radius 1 is 0.762 bits per heavy atom. The molecule has 0 heterocycles. The Balaban J connectivity index is 1.33. The molecule has 0 aromatic heterocycles. The number of benzene rings is 5. The Labute approximate surface area is 251 Å². The van der Waals surface area contributed by atoms with E-state index in [1.165, 1.54) is 17.0 Å². The molecule has 0 aliphatic rings. The molecule has 0 radical (unpaired) electrons. The predicted octanol–water partition coefficient (Wildman–Crippen LogP) is 7.91. The number of nitrogens with zero attached hydrogens (tertiary/aromatic N) is 1. The summed E-state index contributed by atoms with van der Waals surface area (Å²) in [5, 5.41) is 2.90. The molecule has 0 atom stereocenters. The summed E-state index contributed by atoms with van der Waals surface area (Å²) in [6.45, 7) is 1.53. The van der Waals surface area contributed by atoms with Crippen LogP contribution < -0.4 is 14.4 Å². The first-order chi connectivity index (χ1) is 20.4. The van der Waals surface area contributed by atoms with E-state index >= 15 is 0 Å². The Kier molecular flexibility index (Phi) is 9.26. The Hall–Kier alpha value is -4.53. The van der Waals surface area contributed by atoms with Crippen molar-refractivity contribution in [2.45, 2.75) is 22.5 Å². The number of hydrogen-bond acceptors (Lipinski definition) is 5. The third-order valence-electron chi connectivity index (χ3n) is 6.44. The van der Waals surface area contributed by atoms with E-state index in [2.05, 4.69) is 17.4 Å². The van der Waals surface area contributed by atoms with Gasteiger partial charge >= 0.3 is 0 Å². The van der Waals surface area contributed by atoms with Crippen LogP contribution in [0.1, 0.15) is 11.1 Å². The molecule has 5 rings (SSSR count). The smallest absolute Gasteiger partial charge is 0.264 e. The maximum Gasteiger partial charge on any atom is 0.264 e. The van der Waals surface area contributed by atoms with E-state index in [-0.39, 0.29) is 4.90 Å². The van der Waals surface area contributed by atoms with Crippen molar-refractivity contribution in [1.29, 1.82) is 0 Å². The quantitative estimate of drug-likeness (QED) is 0.157. The molecule has 0 saturated heterocycles. The molecule has 0 aliphatic heterocycles.